The molecule has 4 aromatic rings. The van der Waals surface area contributed by atoms with E-state index in [0.717, 1.165) is 25.2 Å². The van der Waals surface area contributed by atoms with Crippen LogP contribution < -0.4 is 0 Å². The van der Waals surface area contributed by atoms with Crippen LogP contribution in [0.3, 0.4) is 0 Å². The molecule has 6 heteroatoms. The summed E-state index contributed by atoms with van der Waals surface area (Å²) in [5.41, 5.74) is 3.69. The molecule has 0 fully saturated rings. The highest BCUT2D eigenvalue weighted by atomic mass is 32.1. The molecule has 2 aromatic carbocycles. The van der Waals surface area contributed by atoms with Crippen molar-refractivity contribution in [1.29, 1.82) is 0 Å². The first-order valence-electron chi connectivity index (χ1n) is 10.1. The molecule has 0 atom stereocenters. The Kier molecular flexibility index (Phi) is 5.17. The molecule has 0 spiro atoms. The van der Waals surface area contributed by atoms with E-state index in [-0.39, 0.29) is 0 Å². The lowest BCUT2D eigenvalue weighted by Gasteiger charge is -2.26. The fourth-order valence-electron chi connectivity index (χ4n) is 3.82. The first kappa shape index (κ1) is 18.8. The minimum absolute atomic E-state index is 0.644. The van der Waals surface area contributed by atoms with E-state index in [1.807, 2.05) is 51.7 Å². The minimum Gasteiger partial charge on any atom is -0.461 e. The zero-order chi connectivity index (χ0) is 20.3. The Morgan fingerprint density at radius 2 is 1.70 bits per heavy atom. The maximum absolute atomic E-state index is 5.82. The number of hydrogen-bond donors (Lipinski definition) is 0. The van der Waals surface area contributed by atoms with Gasteiger partial charge in [-0.1, -0.05) is 54.6 Å². The number of hydrogen-bond acceptors (Lipinski definition) is 4. The van der Waals surface area contributed by atoms with Crippen LogP contribution in [0.25, 0.3) is 22.8 Å². The Morgan fingerprint density at radius 1 is 0.933 bits per heavy atom. The second-order valence-corrected chi connectivity index (χ2v) is 7.68. The molecule has 2 aromatic heterocycles. The normalized spacial score (nSPS) is 14.6. The summed E-state index contributed by atoms with van der Waals surface area (Å²) in [5, 5.41) is 4.82. The van der Waals surface area contributed by atoms with Crippen LogP contribution in [-0.2, 0) is 6.67 Å². The van der Waals surface area contributed by atoms with Crippen LogP contribution in [0, 0.1) is 4.77 Å². The fraction of sp³-hybridized carbons (Fsp3) is 0.167. The van der Waals surface area contributed by atoms with Gasteiger partial charge in [-0.05, 0) is 54.0 Å². The lowest BCUT2D eigenvalue weighted by Crippen LogP contribution is -2.31. The van der Waals surface area contributed by atoms with Crippen molar-refractivity contribution in [2.45, 2.75) is 13.1 Å². The topological polar surface area (TPSA) is 39.1 Å². The quantitative estimate of drug-likeness (QED) is 0.409. The van der Waals surface area contributed by atoms with Crippen LogP contribution >= 0.6 is 12.2 Å². The largest absolute Gasteiger partial charge is 0.461 e. The summed E-state index contributed by atoms with van der Waals surface area (Å²) in [7, 11) is 0. The van der Waals surface area contributed by atoms with Crippen LogP contribution in [0.2, 0.25) is 0 Å². The van der Waals surface area contributed by atoms with E-state index in [9.17, 15) is 0 Å². The van der Waals surface area contributed by atoms with E-state index in [1.54, 1.807) is 6.26 Å². The number of benzene rings is 2. The van der Waals surface area contributed by atoms with Crippen molar-refractivity contribution in [3.05, 3.63) is 95.5 Å². The zero-order valence-electron chi connectivity index (χ0n) is 16.5. The summed E-state index contributed by atoms with van der Waals surface area (Å²) in [6, 6.07) is 24.4. The van der Waals surface area contributed by atoms with E-state index in [4.69, 9.17) is 21.7 Å². The summed E-state index contributed by atoms with van der Waals surface area (Å²) in [6.07, 6.45) is 4.99. The number of aromatic nitrogens is 3. The molecule has 5 rings (SSSR count). The molecule has 0 amide bonds. The second-order valence-electron chi connectivity index (χ2n) is 7.32. The molecular weight excluding hydrogens is 392 g/mol. The van der Waals surface area contributed by atoms with Gasteiger partial charge in [0.15, 0.2) is 5.76 Å². The highest BCUT2D eigenvalue weighted by Crippen LogP contribution is 2.25. The summed E-state index contributed by atoms with van der Waals surface area (Å²) in [5.74, 6) is 1.42. The smallest absolute Gasteiger partial charge is 0.204 e. The molecule has 1 aliphatic rings. The van der Waals surface area contributed by atoms with E-state index in [2.05, 4.69) is 41.3 Å². The van der Waals surface area contributed by atoms with Crippen molar-refractivity contribution in [3.63, 3.8) is 0 Å². The van der Waals surface area contributed by atoms with Gasteiger partial charge in [0.25, 0.3) is 0 Å². The number of nitrogens with zero attached hydrogens (tertiary/aromatic N) is 4. The van der Waals surface area contributed by atoms with Gasteiger partial charge in [0.1, 0.15) is 0 Å². The molecule has 0 radical (unpaired) electrons. The molecule has 0 N–H and O–H groups in total. The van der Waals surface area contributed by atoms with Gasteiger partial charge in [0.2, 0.25) is 10.6 Å². The Balaban J connectivity index is 1.43. The van der Waals surface area contributed by atoms with Crippen molar-refractivity contribution in [1.82, 2.24) is 19.2 Å². The van der Waals surface area contributed by atoms with Gasteiger partial charge in [-0.25, -0.2) is 4.68 Å². The van der Waals surface area contributed by atoms with E-state index in [1.165, 1.54) is 11.1 Å². The molecule has 1 aliphatic heterocycles. The van der Waals surface area contributed by atoms with E-state index < -0.39 is 0 Å². The lowest BCUT2D eigenvalue weighted by molar-refractivity contribution is 0.226. The van der Waals surface area contributed by atoms with Gasteiger partial charge < -0.3 is 4.42 Å². The van der Waals surface area contributed by atoms with Crippen LogP contribution in [-0.4, -0.2) is 32.3 Å². The minimum atomic E-state index is 0.644. The Labute approximate surface area is 180 Å². The molecule has 30 heavy (non-hydrogen) atoms. The van der Waals surface area contributed by atoms with Gasteiger partial charge in [0, 0.05) is 13.1 Å². The standard InChI is InChI=1S/C24H22N4OS/c30-24-27(18-26-15-13-20(14-16-26)19-8-3-1-4-9-19)25-23(22-12-7-17-29-22)28(24)21-10-5-2-6-11-21/h1-13,17H,14-16,18H2. The summed E-state index contributed by atoms with van der Waals surface area (Å²) >= 11 is 5.82. The molecule has 0 unspecified atom stereocenters. The summed E-state index contributed by atoms with van der Waals surface area (Å²) < 4.78 is 10.2. The SMILES string of the molecule is S=c1n(CN2CC=C(c3ccccc3)CC2)nc(-c2ccco2)n1-c1ccccc1. The maximum Gasteiger partial charge on any atom is 0.204 e. The Bertz CT molecular complexity index is 1210. The molecule has 0 saturated heterocycles. The van der Waals surface area contributed by atoms with Crippen LogP contribution in [0.4, 0.5) is 0 Å². The lowest BCUT2D eigenvalue weighted by atomic mass is 10.00. The van der Waals surface area contributed by atoms with E-state index >= 15 is 0 Å². The third-order valence-electron chi connectivity index (χ3n) is 5.37. The van der Waals surface area contributed by atoms with Crippen molar-refractivity contribution in [3.8, 4) is 17.3 Å². The Hall–Kier alpha value is -3.22. The van der Waals surface area contributed by atoms with Gasteiger partial charge in [-0.2, -0.15) is 0 Å². The van der Waals surface area contributed by atoms with Crippen molar-refractivity contribution in [2.75, 3.05) is 13.1 Å². The average Bonchev–Trinajstić information content (AvgIpc) is 3.44. The number of rotatable bonds is 5. The maximum atomic E-state index is 5.82. The van der Waals surface area contributed by atoms with Crippen molar-refractivity contribution in [2.24, 2.45) is 0 Å². The molecule has 5 nitrogen and oxygen atoms in total. The first-order chi connectivity index (χ1) is 14.8. The number of furan rings is 1. The highest BCUT2D eigenvalue weighted by Gasteiger charge is 2.19. The van der Waals surface area contributed by atoms with Crippen molar-refractivity contribution < 1.29 is 4.42 Å². The molecule has 3 heterocycles. The van der Waals surface area contributed by atoms with Gasteiger partial charge in [-0.3, -0.25) is 9.47 Å². The number of para-hydroxylation sites is 1. The predicted octanol–water partition coefficient (Wildman–Crippen LogP) is 5.41. The molecular formula is C24H22N4OS. The molecule has 0 saturated carbocycles. The van der Waals surface area contributed by atoms with Gasteiger partial charge in [0.05, 0.1) is 18.6 Å². The van der Waals surface area contributed by atoms with Crippen LogP contribution in [0.1, 0.15) is 12.0 Å². The van der Waals surface area contributed by atoms with E-state index in [0.29, 0.717) is 23.0 Å². The van der Waals surface area contributed by atoms with Crippen molar-refractivity contribution >= 4 is 17.8 Å². The second kappa shape index (κ2) is 8.26. The average molecular weight is 415 g/mol. The van der Waals surface area contributed by atoms with Crippen LogP contribution in [0.5, 0.6) is 0 Å². The summed E-state index contributed by atoms with van der Waals surface area (Å²) in [6.45, 7) is 2.49. The highest BCUT2D eigenvalue weighted by molar-refractivity contribution is 7.71. The first-order valence-corrected chi connectivity index (χ1v) is 10.5. The monoisotopic (exact) mass is 414 g/mol. The third kappa shape index (κ3) is 3.67. The third-order valence-corrected chi connectivity index (χ3v) is 5.76. The Morgan fingerprint density at radius 3 is 2.37 bits per heavy atom. The molecule has 150 valence electrons. The zero-order valence-corrected chi connectivity index (χ0v) is 17.3. The van der Waals surface area contributed by atoms with Crippen LogP contribution in [0.15, 0.2) is 89.6 Å². The van der Waals surface area contributed by atoms with Gasteiger partial charge in [-0.15, -0.1) is 5.10 Å². The van der Waals surface area contributed by atoms with Gasteiger partial charge >= 0.3 is 0 Å². The molecule has 0 bridgehead atoms. The predicted molar refractivity (Wildman–Crippen MR) is 121 cm³/mol. The molecule has 0 aliphatic carbocycles. The fourth-order valence-corrected chi connectivity index (χ4v) is 4.11. The summed E-state index contributed by atoms with van der Waals surface area (Å²) in [4.78, 5) is 2.36.